The van der Waals surface area contributed by atoms with Crippen molar-refractivity contribution in [3.05, 3.63) is 17.7 Å². The molecule has 1 fully saturated rings. The molecule has 0 amide bonds. The highest BCUT2D eigenvalue weighted by Crippen LogP contribution is 2.29. The molecule has 0 spiro atoms. The van der Waals surface area contributed by atoms with Crippen LogP contribution >= 0.6 is 0 Å². The Labute approximate surface area is 109 Å². The predicted molar refractivity (Wildman–Crippen MR) is 72.6 cm³/mol. The quantitative estimate of drug-likeness (QED) is 0.859. The average molecular weight is 248 g/mol. The second-order valence-electron chi connectivity index (χ2n) is 6.09. The summed E-state index contributed by atoms with van der Waals surface area (Å²) in [6.45, 7) is 8.00. The zero-order valence-corrected chi connectivity index (χ0v) is 11.5. The lowest BCUT2D eigenvalue weighted by Crippen LogP contribution is -2.32. The molecule has 4 heteroatoms. The molecule has 4 nitrogen and oxygen atoms in total. The van der Waals surface area contributed by atoms with E-state index in [4.69, 9.17) is 5.73 Å². The summed E-state index contributed by atoms with van der Waals surface area (Å²) in [4.78, 5) is 7.25. The summed E-state index contributed by atoms with van der Waals surface area (Å²) in [5.74, 6) is 1.93. The first-order valence-electron chi connectivity index (χ1n) is 7.19. The van der Waals surface area contributed by atoms with E-state index in [0.717, 1.165) is 19.4 Å². The summed E-state index contributed by atoms with van der Waals surface area (Å²) in [7, 11) is 0. The van der Waals surface area contributed by atoms with Crippen molar-refractivity contribution in [1.29, 1.82) is 0 Å². The lowest BCUT2D eigenvalue weighted by atomic mass is 10.0. The van der Waals surface area contributed by atoms with Crippen LogP contribution in [0, 0.1) is 0 Å². The highest BCUT2D eigenvalue weighted by Gasteiger charge is 2.30. The van der Waals surface area contributed by atoms with E-state index in [-0.39, 0.29) is 0 Å². The third-order valence-corrected chi connectivity index (χ3v) is 4.48. The third-order valence-electron chi connectivity index (χ3n) is 4.48. The highest BCUT2D eigenvalue weighted by molar-refractivity contribution is 5.14. The lowest BCUT2D eigenvalue weighted by molar-refractivity contribution is 0.271. The molecule has 0 radical (unpaired) electrons. The summed E-state index contributed by atoms with van der Waals surface area (Å²) in [6, 6.07) is 0.983. The Balaban J connectivity index is 1.78. The van der Waals surface area contributed by atoms with Gasteiger partial charge in [0.2, 0.25) is 0 Å². The molecule has 2 atom stereocenters. The third kappa shape index (κ3) is 2.08. The topological polar surface area (TPSA) is 47.1 Å². The van der Waals surface area contributed by atoms with Gasteiger partial charge in [0, 0.05) is 49.4 Å². The minimum Gasteiger partial charge on any atom is -0.332 e. The van der Waals surface area contributed by atoms with Gasteiger partial charge in [0.1, 0.15) is 5.82 Å². The van der Waals surface area contributed by atoms with Crippen LogP contribution in [0.4, 0.5) is 0 Å². The molecule has 18 heavy (non-hydrogen) atoms. The van der Waals surface area contributed by atoms with Crippen molar-refractivity contribution in [3.8, 4) is 0 Å². The van der Waals surface area contributed by atoms with E-state index in [0.29, 0.717) is 18.0 Å². The van der Waals surface area contributed by atoms with E-state index in [2.05, 4.69) is 28.3 Å². The van der Waals surface area contributed by atoms with Gasteiger partial charge in [-0.05, 0) is 33.2 Å². The molecule has 3 rings (SSSR count). The van der Waals surface area contributed by atoms with Crippen LogP contribution in [0.3, 0.4) is 0 Å². The van der Waals surface area contributed by atoms with Crippen molar-refractivity contribution in [2.24, 2.45) is 5.73 Å². The summed E-state index contributed by atoms with van der Waals surface area (Å²) in [6.07, 6.45) is 5.39. The zero-order valence-electron chi connectivity index (χ0n) is 11.5. The van der Waals surface area contributed by atoms with Gasteiger partial charge in [-0.15, -0.1) is 0 Å². The van der Waals surface area contributed by atoms with Crippen molar-refractivity contribution >= 4 is 0 Å². The standard InChI is InChI=1S/C14H24N4/c1-10(2)17-5-3-11(9-17)14-16-8-13-7-12(15)4-6-18(13)14/h8,10-12H,3-7,9,15H2,1-2H3. The summed E-state index contributed by atoms with van der Waals surface area (Å²) < 4.78 is 2.43. The van der Waals surface area contributed by atoms with E-state index in [1.807, 2.05) is 6.20 Å². The van der Waals surface area contributed by atoms with Gasteiger partial charge < -0.3 is 15.2 Å². The van der Waals surface area contributed by atoms with E-state index < -0.39 is 0 Å². The Morgan fingerprint density at radius 3 is 2.89 bits per heavy atom. The summed E-state index contributed by atoms with van der Waals surface area (Å²) in [5.41, 5.74) is 7.36. The molecule has 1 saturated heterocycles. The van der Waals surface area contributed by atoms with Gasteiger partial charge in [-0.3, -0.25) is 0 Å². The largest absolute Gasteiger partial charge is 0.332 e. The number of hydrogen-bond donors (Lipinski definition) is 1. The lowest BCUT2D eigenvalue weighted by Gasteiger charge is -2.24. The van der Waals surface area contributed by atoms with Gasteiger partial charge in [-0.2, -0.15) is 0 Å². The number of aromatic nitrogens is 2. The van der Waals surface area contributed by atoms with Gasteiger partial charge in [0.15, 0.2) is 0 Å². The van der Waals surface area contributed by atoms with Crippen LogP contribution in [0.2, 0.25) is 0 Å². The second-order valence-corrected chi connectivity index (χ2v) is 6.09. The number of nitrogens with zero attached hydrogens (tertiary/aromatic N) is 3. The molecule has 2 aliphatic heterocycles. The maximum atomic E-state index is 6.02. The second kappa shape index (κ2) is 4.67. The maximum Gasteiger partial charge on any atom is 0.113 e. The fourth-order valence-corrected chi connectivity index (χ4v) is 3.31. The van der Waals surface area contributed by atoms with Crippen LogP contribution in [-0.2, 0) is 13.0 Å². The minimum absolute atomic E-state index is 0.331. The first-order chi connectivity index (χ1) is 8.65. The van der Waals surface area contributed by atoms with Gasteiger partial charge >= 0.3 is 0 Å². The van der Waals surface area contributed by atoms with Gasteiger partial charge in [0.05, 0.1) is 0 Å². The van der Waals surface area contributed by atoms with Gasteiger partial charge in [-0.1, -0.05) is 0 Å². The molecule has 2 N–H and O–H groups in total. The van der Waals surface area contributed by atoms with Crippen LogP contribution in [-0.4, -0.2) is 39.6 Å². The predicted octanol–water partition coefficient (Wildman–Crippen LogP) is 1.35. The normalized spacial score (nSPS) is 28.9. The van der Waals surface area contributed by atoms with Crippen LogP contribution in [0.15, 0.2) is 6.20 Å². The Morgan fingerprint density at radius 1 is 1.33 bits per heavy atom. The molecule has 2 aliphatic rings. The Morgan fingerprint density at radius 2 is 2.17 bits per heavy atom. The first-order valence-corrected chi connectivity index (χ1v) is 7.19. The van der Waals surface area contributed by atoms with Crippen LogP contribution in [0.5, 0.6) is 0 Å². The van der Waals surface area contributed by atoms with Crippen LogP contribution < -0.4 is 5.73 Å². The van der Waals surface area contributed by atoms with Crippen molar-refractivity contribution in [1.82, 2.24) is 14.5 Å². The molecule has 0 aromatic carbocycles. The molecule has 2 unspecified atom stereocenters. The molecule has 1 aromatic heterocycles. The van der Waals surface area contributed by atoms with Gasteiger partial charge in [0.25, 0.3) is 0 Å². The summed E-state index contributed by atoms with van der Waals surface area (Å²) >= 11 is 0. The SMILES string of the molecule is CC(C)N1CCC(c2ncc3n2CCC(N)C3)C1. The van der Waals surface area contributed by atoms with Crippen LogP contribution in [0.25, 0.3) is 0 Å². The number of rotatable bonds is 2. The first kappa shape index (κ1) is 12.2. The highest BCUT2D eigenvalue weighted by atomic mass is 15.2. The number of nitrogens with two attached hydrogens (primary N) is 1. The Kier molecular flexibility index (Phi) is 3.16. The van der Waals surface area contributed by atoms with E-state index in [1.54, 1.807) is 0 Å². The van der Waals surface area contributed by atoms with E-state index in [1.165, 1.54) is 31.0 Å². The average Bonchev–Trinajstić information content (AvgIpc) is 2.92. The molecular formula is C14H24N4. The maximum absolute atomic E-state index is 6.02. The molecule has 0 saturated carbocycles. The zero-order chi connectivity index (χ0) is 12.7. The molecule has 100 valence electrons. The fourth-order valence-electron chi connectivity index (χ4n) is 3.31. The van der Waals surface area contributed by atoms with E-state index >= 15 is 0 Å². The van der Waals surface area contributed by atoms with Crippen molar-refractivity contribution in [3.63, 3.8) is 0 Å². The summed E-state index contributed by atoms with van der Waals surface area (Å²) in [5, 5.41) is 0. The monoisotopic (exact) mass is 248 g/mol. The molecule has 3 heterocycles. The molecule has 1 aromatic rings. The number of fused-ring (bicyclic) bond motifs is 1. The fraction of sp³-hybridized carbons (Fsp3) is 0.786. The Hall–Kier alpha value is -0.870. The number of hydrogen-bond acceptors (Lipinski definition) is 3. The number of imidazole rings is 1. The number of likely N-dealkylation sites (tertiary alicyclic amines) is 1. The van der Waals surface area contributed by atoms with Crippen molar-refractivity contribution in [2.75, 3.05) is 13.1 Å². The van der Waals surface area contributed by atoms with Crippen molar-refractivity contribution in [2.45, 2.75) is 57.7 Å². The van der Waals surface area contributed by atoms with E-state index in [9.17, 15) is 0 Å². The van der Waals surface area contributed by atoms with Crippen molar-refractivity contribution < 1.29 is 0 Å². The smallest absolute Gasteiger partial charge is 0.113 e. The van der Waals surface area contributed by atoms with Crippen LogP contribution in [0.1, 0.15) is 44.1 Å². The molecule has 0 aliphatic carbocycles. The van der Waals surface area contributed by atoms with Gasteiger partial charge in [-0.25, -0.2) is 4.98 Å². The Bertz CT molecular complexity index is 423. The molecular weight excluding hydrogens is 224 g/mol. The minimum atomic E-state index is 0.331. The molecule has 0 bridgehead atoms.